The molecule has 2 heteroatoms. The van der Waals surface area contributed by atoms with Crippen molar-refractivity contribution in [2.24, 2.45) is 5.92 Å². The van der Waals surface area contributed by atoms with Gasteiger partial charge in [-0.1, -0.05) is 13.3 Å². The molecule has 2 nitrogen and oxygen atoms in total. The van der Waals surface area contributed by atoms with E-state index in [4.69, 9.17) is 0 Å². The Bertz CT molecular complexity index is 184. The van der Waals surface area contributed by atoms with Gasteiger partial charge < -0.3 is 0 Å². The minimum Gasteiger partial charge on any atom is -0.299 e. The second-order valence-electron chi connectivity index (χ2n) is 3.62. The van der Waals surface area contributed by atoms with Crippen molar-refractivity contribution in [2.45, 2.75) is 45.4 Å². The quantitative estimate of drug-likeness (QED) is 0.562. The highest BCUT2D eigenvalue weighted by molar-refractivity contribution is 5.99. The maximum Gasteiger partial charge on any atom is 0.140 e. The molecule has 0 aromatic carbocycles. The molecule has 0 radical (unpaired) electrons. The first kappa shape index (κ1) is 9.43. The van der Waals surface area contributed by atoms with Crippen LogP contribution in [0.2, 0.25) is 0 Å². The van der Waals surface area contributed by atoms with E-state index in [2.05, 4.69) is 6.92 Å². The summed E-state index contributed by atoms with van der Waals surface area (Å²) in [5.41, 5.74) is 0. The maximum absolute atomic E-state index is 11.2. The third-order valence-electron chi connectivity index (χ3n) is 2.56. The third-order valence-corrected chi connectivity index (χ3v) is 2.56. The Labute approximate surface area is 73.3 Å². The lowest BCUT2D eigenvalue weighted by atomic mass is 9.88. The van der Waals surface area contributed by atoms with Gasteiger partial charge in [-0.2, -0.15) is 0 Å². The number of rotatable bonds is 1. The molecular weight excluding hydrogens is 152 g/mol. The molecule has 0 saturated heterocycles. The SMILES string of the molecule is CCC1CCCC(=O)CC(=O)C1. The second kappa shape index (κ2) is 4.39. The topological polar surface area (TPSA) is 34.1 Å². The standard InChI is InChI=1S/C10H16O2/c1-2-8-4-3-5-9(11)7-10(12)6-8/h8H,2-7H2,1H3. The van der Waals surface area contributed by atoms with Crippen LogP contribution in [0.15, 0.2) is 0 Å². The van der Waals surface area contributed by atoms with Gasteiger partial charge in [0.25, 0.3) is 0 Å². The van der Waals surface area contributed by atoms with Gasteiger partial charge in [-0.05, 0) is 18.8 Å². The number of Topliss-reactive ketones (excluding diaryl/α,β-unsaturated/α-hetero) is 2. The largest absolute Gasteiger partial charge is 0.299 e. The van der Waals surface area contributed by atoms with Crippen LogP contribution in [0.1, 0.15) is 45.4 Å². The first-order valence-corrected chi connectivity index (χ1v) is 4.75. The summed E-state index contributed by atoms with van der Waals surface area (Å²) in [5, 5.41) is 0. The van der Waals surface area contributed by atoms with E-state index < -0.39 is 0 Å². The second-order valence-corrected chi connectivity index (χ2v) is 3.62. The van der Waals surface area contributed by atoms with E-state index in [1.54, 1.807) is 0 Å². The monoisotopic (exact) mass is 168 g/mol. The summed E-state index contributed by atoms with van der Waals surface area (Å²) in [6.45, 7) is 2.11. The first-order valence-electron chi connectivity index (χ1n) is 4.75. The zero-order valence-electron chi connectivity index (χ0n) is 7.64. The molecule has 1 fully saturated rings. The highest BCUT2D eigenvalue weighted by Gasteiger charge is 2.18. The Morgan fingerprint density at radius 1 is 1.33 bits per heavy atom. The fourth-order valence-electron chi connectivity index (χ4n) is 1.74. The van der Waals surface area contributed by atoms with Crippen LogP contribution >= 0.6 is 0 Å². The van der Waals surface area contributed by atoms with Crippen LogP contribution in [0, 0.1) is 5.92 Å². The van der Waals surface area contributed by atoms with E-state index in [0.717, 1.165) is 19.3 Å². The van der Waals surface area contributed by atoms with Crippen molar-refractivity contribution in [3.05, 3.63) is 0 Å². The predicted molar refractivity (Wildman–Crippen MR) is 46.9 cm³/mol. The summed E-state index contributed by atoms with van der Waals surface area (Å²) in [4.78, 5) is 22.2. The van der Waals surface area contributed by atoms with Crippen molar-refractivity contribution < 1.29 is 9.59 Å². The van der Waals surface area contributed by atoms with Crippen LogP contribution in [-0.2, 0) is 9.59 Å². The molecule has 1 aliphatic carbocycles. The molecule has 1 aliphatic rings. The molecule has 0 bridgehead atoms. The van der Waals surface area contributed by atoms with E-state index >= 15 is 0 Å². The minimum atomic E-state index is 0.134. The molecule has 12 heavy (non-hydrogen) atoms. The smallest absolute Gasteiger partial charge is 0.140 e. The molecule has 0 N–H and O–H groups in total. The molecule has 1 unspecified atom stereocenters. The van der Waals surface area contributed by atoms with Gasteiger partial charge >= 0.3 is 0 Å². The Hall–Kier alpha value is -0.660. The van der Waals surface area contributed by atoms with E-state index in [-0.39, 0.29) is 18.0 Å². The number of carbonyl (C=O) groups excluding carboxylic acids is 2. The normalized spacial score (nSPS) is 26.6. The van der Waals surface area contributed by atoms with E-state index in [0.29, 0.717) is 18.8 Å². The van der Waals surface area contributed by atoms with Crippen molar-refractivity contribution in [1.82, 2.24) is 0 Å². The first-order chi connectivity index (χ1) is 5.72. The van der Waals surface area contributed by atoms with Crippen LogP contribution < -0.4 is 0 Å². The zero-order valence-corrected chi connectivity index (χ0v) is 7.64. The van der Waals surface area contributed by atoms with Gasteiger partial charge in [-0.3, -0.25) is 9.59 Å². The molecule has 0 aliphatic heterocycles. The zero-order chi connectivity index (χ0) is 8.97. The molecule has 0 aromatic rings. The highest BCUT2D eigenvalue weighted by atomic mass is 16.1. The van der Waals surface area contributed by atoms with Crippen LogP contribution in [-0.4, -0.2) is 11.6 Å². The van der Waals surface area contributed by atoms with Crippen LogP contribution in [0.5, 0.6) is 0 Å². The van der Waals surface area contributed by atoms with Gasteiger partial charge in [0.15, 0.2) is 0 Å². The average molecular weight is 168 g/mol. The van der Waals surface area contributed by atoms with E-state index in [9.17, 15) is 9.59 Å². The molecule has 68 valence electrons. The lowest BCUT2D eigenvalue weighted by Gasteiger charge is -2.15. The Morgan fingerprint density at radius 2 is 2.08 bits per heavy atom. The Balaban J connectivity index is 2.47. The van der Waals surface area contributed by atoms with Crippen molar-refractivity contribution in [3.8, 4) is 0 Å². The van der Waals surface area contributed by atoms with Gasteiger partial charge in [0.05, 0.1) is 6.42 Å². The fourth-order valence-corrected chi connectivity index (χ4v) is 1.74. The number of hydrogen-bond acceptors (Lipinski definition) is 2. The lowest BCUT2D eigenvalue weighted by molar-refractivity contribution is -0.128. The van der Waals surface area contributed by atoms with Crippen molar-refractivity contribution in [3.63, 3.8) is 0 Å². The molecular formula is C10H16O2. The summed E-state index contributed by atoms with van der Waals surface area (Å²) in [6.07, 6.45) is 4.53. The predicted octanol–water partition coefficient (Wildman–Crippen LogP) is 2.11. The lowest BCUT2D eigenvalue weighted by Crippen LogP contribution is -2.16. The van der Waals surface area contributed by atoms with Crippen molar-refractivity contribution in [2.75, 3.05) is 0 Å². The summed E-state index contributed by atoms with van der Waals surface area (Å²) in [7, 11) is 0. The maximum atomic E-state index is 11.2. The molecule has 0 amide bonds. The minimum absolute atomic E-state index is 0.134. The summed E-state index contributed by atoms with van der Waals surface area (Å²) in [5.74, 6) is 0.812. The molecule has 1 rings (SSSR count). The molecule has 0 spiro atoms. The van der Waals surface area contributed by atoms with Gasteiger partial charge in [-0.15, -0.1) is 0 Å². The highest BCUT2D eigenvalue weighted by Crippen LogP contribution is 2.20. The summed E-state index contributed by atoms with van der Waals surface area (Å²) < 4.78 is 0. The number of carbonyl (C=O) groups is 2. The molecule has 0 heterocycles. The summed E-state index contributed by atoms with van der Waals surface area (Å²) in [6, 6.07) is 0. The van der Waals surface area contributed by atoms with Gasteiger partial charge in [-0.25, -0.2) is 0 Å². The number of ketones is 2. The average Bonchev–Trinajstić information content (AvgIpc) is 1.99. The van der Waals surface area contributed by atoms with E-state index in [1.165, 1.54) is 0 Å². The van der Waals surface area contributed by atoms with Crippen LogP contribution in [0.25, 0.3) is 0 Å². The molecule has 1 saturated carbocycles. The molecule has 1 atom stereocenters. The van der Waals surface area contributed by atoms with Gasteiger partial charge in [0.1, 0.15) is 11.6 Å². The van der Waals surface area contributed by atoms with Crippen molar-refractivity contribution >= 4 is 11.6 Å². The van der Waals surface area contributed by atoms with Crippen LogP contribution in [0.3, 0.4) is 0 Å². The Morgan fingerprint density at radius 3 is 2.75 bits per heavy atom. The van der Waals surface area contributed by atoms with Gasteiger partial charge in [0.2, 0.25) is 0 Å². The van der Waals surface area contributed by atoms with Gasteiger partial charge in [0, 0.05) is 12.8 Å². The fraction of sp³-hybridized carbons (Fsp3) is 0.800. The molecule has 0 aromatic heterocycles. The third kappa shape index (κ3) is 2.76. The number of hydrogen-bond donors (Lipinski definition) is 0. The van der Waals surface area contributed by atoms with E-state index in [1.807, 2.05) is 0 Å². The summed E-state index contributed by atoms with van der Waals surface area (Å²) >= 11 is 0. The van der Waals surface area contributed by atoms with Crippen molar-refractivity contribution in [1.29, 1.82) is 0 Å². The Kier molecular flexibility index (Phi) is 3.45. The van der Waals surface area contributed by atoms with Crippen LogP contribution in [0.4, 0.5) is 0 Å².